The van der Waals surface area contributed by atoms with E-state index in [1.54, 1.807) is 13.8 Å². The molecule has 4 amide bonds. The smallest absolute Gasteiger partial charge is 0.243 e. The first kappa shape index (κ1) is 31.2. The Bertz CT molecular complexity index is 927. The van der Waals surface area contributed by atoms with E-state index >= 15 is 0 Å². The number of hydrogen-bond donors (Lipinski definition) is 4. The fourth-order valence-electron chi connectivity index (χ4n) is 3.39. The maximum absolute atomic E-state index is 12.8. The van der Waals surface area contributed by atoms with Crippen LogP contribution in [-0.4, -0.2) is 60.3 Å². The molecule has 0 spiro atoms. The first-order valence-corrected chi connectivity index (χ1v) is 15.4. The number of amides is 4. The molecule has 0 fully saturated rings. The Kier molecular flexibility index (Phi) is 15.0. The van der Waals surface area contributed by atoms with Gasteiger partial charge >= 0.3 is 0 Å². The van der Waals surface area contributed by atoms with Crippen LogP contribution in [0.15, 0.2) is 60.7 Å². The summed E-state index contributed by atoms with van der Waals surface area (Å²) in [6.45, 7) is 4.40. The molecular formula is C28H38N4O4S2. The van der Waals surface area contributed by atoms with E-state index in [9.17, 15) is 19.2 Å². The summed E-state index contributed by atoms with van der Waals surface area (Å²) in [5, 5.41) is 11.4. The second-order valence-corrected chi connectivity index (χ2v) is 11.1. The third-order valence-corrected chi connectivity index (χ3v) is 8.03. The lowest BCUT2D eigenvalue weighted by Crippen LogP contribution is -2.49. The zero-order valence-corrected chi connectivity index (χ0v) is 23.7. The fraction of sp³-hybridized carbons (Fsp3) is 0.429. The van der Waals surface area contributed by atoms with Crippen molar-refractivity contribution in [2.24, 2.45) is 0 Å². The van der Waals surface area contributed by atoms with Gasteiger partial charge in [-0.15, -0.1) is 0 Å². The second-order valence-electron chi connectivity index (χ2n) is 8.57. The molecule has 2 aromatic carbocycles. The molecule has 0 heterocycles. The third-order valence-electron chi connectivity index (χ3n) is 5.61. The summed E-state index contributed by atoms with van der Waals surface area (Å²) < 4.78 is 0. The van der Waals surface area contributed by atoms with Gasteiger partial charge in [-0.05, 0) is 24.0 Å². The Morgan fingerprint density at radius 2 is 1.00 bits per heavy atom. The predicted octanol–water partition coefficient (Wildman–Crippen LogP) is 2.88. The molecule has 0 aliphatic heterocycles. The van der Waals surface area contributed by atoms with E-state index in [1.807, 2.05) is 60.7 Å². The number of carbonyl (C=O) groups is 4. The first-order chi connectivity index (χ1) is 18.4. The molecule has 206 valence electrons. The van der Waals surface area contributed by atoms with Gasteiger partial charge in [0.25, 0.3) is 0 Å². The van der Waals surface area contributed by atoms with Gasteiger partial charge in [-0.1, -0.05) is 96.1 Å². The van der Waals surface area contributed by atoms with Crippen molar-refractivity contribution >= 4 is 45.2 Å². The molecule has 0 aliphatic rings. The van der Waals surface area contributed by atoms with Crippen LogP contribution in [0.3, 0.4) is 0 Å². The van der Waals surface area contributed by atoms with Crippen LogP contribution in [0.25, 0.3) is 0 Å². The van der Waals surface area contributed by atoms with Gasteiger partial charge in [-0.25, -0.2) is 0 Å². The van der Waals surface area contributed by atoms with E-state index in [1.165, 1.54) is 21.6 Å². The third kappa shape index (κ3) is 12.5. The summed E-state index contributed by atoms with van der Waals surface area (Å²) >= 11 is 0. The average molecular weight is 559 g/mol. The number of nitrogens with one attached hydrogen (secondary N) is 4. The van der Waals surface area contributed by atoms with Crippen molar-refractivity contribution in [1.29, 1.82) is 0 Å². The number of carbonyl (C=O) groups excluding carboxylic acids is 4. The Labute approximate surface area is 233 Å². The van der Waals surface area contributed by atoms with Crippen LogP contribution in [0.5, 0.6) is 0 Å². The standard InChI is InChI=1S/C28H38N4O4S2/c1-3-25(33)31-23(27(35)29-17-15-21-11-7-5-8-12-21)19-37-38-20-24(32-26(34)4-2)28(36)30-18-16-22-13-9-6-10-14-22/h5-14,23-24H,3-4,15-20H2,1-2H3,(H,29,35)(H,30,36)(H,31,33)(H,32,34). The van der Waals surface area contributed by atoms with Crippen LogP contribution < -0.4 is 21.3 Å². The van der Waals surface area contributed by atoms with Crippen molar-refractivity contribution in [3.63, 3.8) is 0 Å². The zero-order chi connectivity index (χ0) is 27.6. The van der Waals surface area contributed by atoms with Gasteiger partial charge in [-0.2, -0.15) is 0 Å². The Morgan fingerprint density at radius 1 is 0.632 bits per heavy atom. The maximum Gasteiger partial charge on any atom is 0.243 e. The van der Waals surface area contributed by atoms with Crippen LogP contribution in [0.1, 0.15) is 37.8 Å². The molecule has 0 bridgehead atoms. The van der Waals surface area contributed by atoms with Crippen molar-refractivity contribution in [3.05, 3.63) is 71.8 Å². The number of benzene rings is 2. The summed E-state index contributed by atoms with van der Waals surface area (Å²) in [7, 11) is 2.77. The minimum Gasteiger partial charge on any atom is -0.354 e. The molecule has 38 heavy (non-hydrogen) atoms. The zero-order valence-electron chi connectivity index (χ0n) is 22.0. The predicted molar refractivity (Wildman–Crippen MR) is 156 cm³/mol. The van der Waals surface area contributed by atoms with E-state index in [4.69, 9.17) is 0 Å². The van der Waals surface area contributed by atoms with Gasteiger partial charge in [0.05, 0.1) is 0 Å². The maximum atomic E-state index is 12.8. The normalized spacial score (nSPS) is 12.2. The van der Waals surface area contributed by atoms with Gasteiger partial charge in [-0.3, -0.25) is 19.2 Å². The molecule has 0 saturated heterocycles. The lowest BCUT2D eigenvalue weighted by atomic mass is 10.1. The van der Waals surface area contributed by atoms with Crippen LogP contribution >= 0.6 is 21.6 Å². The average Bonchev–Trinajstić information content (AvgIpc) is 2.94. The highest BCUT2D eigenvalue weighted by Crippen LogP contribution is 2.23. The molecule has 4 N–H and O–H groups in total. The quantitative estimate of drug-likeness (QED) is 0.175. The van der Waals surface area contributed by atoms with E-state index in [2.05, 4.69) is 21.3 Å². The van der Waals surface area contributed by atoms with Crippen molar-refractivity contribution < 1.29 is 19.2 Å². The van der Waals surface area contributed by atoms with Crippen molar-refractivity contribution in [1.82, 2.24) is 21.3 Å². The van der Waals surface area contributed by atoms with Crippen molar-refractivity contribution in [2.75, 3.05) is 24.6 Å². The molecule has 0 saturated carbocycles. The molecule has 10 heteroatoms. The lowest BCUT2D eigenvalue weighted by molar-refractivity contribution is -0.128. The van der Waals surface area contributed by atoms with E-state index in [0.717, 1.165) is 11.1 Å². The van der Waals surface area contributed by atoms with Crippen LogP contribution in [0.4, 0.5) is 0 Å². The number of rotatable bonds is 17. The van der Waals surface area contributed by atoms with Gasteiger partial charge in [0, 0.05) is 37.4 Å². The van der Waals surface area contributed by atoms with E-state index < -0.39 is 12.1 Å². The van der Waals surface area contributed by atoms with Crippen LogP contribution in [0, 0.1) is 0 Å². The highest BCUT2D eigenvalue weighted by molar-refractivity contribution is 8.76. The summed E-state index contributed by atoms with van der Waals surface area (Å²) in [5.41, 5.74) is 2.24. The Morgan fingerprint density at radius 3 is 1.34 bits per heavy atom. The first-order valence-electron chi connectivity index (χ1n) is 12.9. The summed E-state index contributed by atoms with van der Waals surface area (Å²) in [6, 6.07) is 18.3. The summed E-state index contributed by atoms with van der Waals surface area (Å²) in [5.74, 6) is -0.236. The van der Waals surface area contributed by atoms with Crippen molar-refractivity contribution in [2.45, 2.75) is 51.6 Å². The molecule has 0 aliphatic carbocycles. The molecular weight excluding hydrogens is 520 g/mol. The van der Waals surface area contributed by atoms with Crippen molar-refractivity contribution in [3.8, 4) is 0 Å². The highest BCUT2D eigenvalue weighted by atomic mass is 33.1. The summed E-state index contributed by atoms with van der Waals surface area (Å²) in [4.78, 5) is 49.5. The van der Waals surface area contributed by atoms with Gasteiger partial charge in [0.2, 0.25) is 23.6 Å². The minimum atomic E-state index is -0.695. The van der Waals surface area contributed by atoms with Crippen LogP contribution in [0.2, 0.25) is 0 Å². The lowest BCUT2D eigenvalue weighted by Gasteiger charge is -2.20. The largest absolute Gasteiger partial charge is 0.354 e. The van der Waals surface area contributed by atoms with Gasteiger partial charge in [0.1, 0.15) is 12.1 Å². The Hall–Kier alpha value is -2.98. The monoisotopic (exact) mass is 558 g/mol. The van der Waals surface area contributed by atoms with Gasteiger partial charge in [0.15, 0.2) is 0 Å². The topological polar surface area (TPSA) is 116 Å². The molecule has 2 rings (SSSR count). The molecule has 0 aromatic heterocycles. The summed E-state index contributed by atoms with van der Waals surface area (Å²) in [6.07, 6.45) is 1.95. The minimum absolute atomic E-state index is 0.204. The second kappa shape index (κ2) is 18.3. The fourth-order valence-corrected chi connectivity index (χ4v) is 5.71. The SMILES string of the molecule is CCC(=O)NC(CSSCC(NC(=O)CC)C(=O)NCCc1ccccc1)C(=O)NCCc1ccccc1. The molecule has 8 nitrogen and oxygen atoms in total. The number of hydrogen-bond acceptors (Lipinski definition) is 6. The molecule has 0 radical (unpaired) electrons. The molecule has 2 unspecified atom stereocenters. The molecule has 2 aromatic rings. The Balaban J connectivity index is 1.83. The van der Waals surface area contributed by atoms with E-state index in [-0.39, 0.29) is 36.5 Å². The van der Waals surface area contributed by atoms with Gasteiger partial charge < -0.3 is 21.3 Å². The molecule has 2 atom stereocenters. The van der Waals surface area contributed by atoms with Crippen LogP contribution in [-0.2, 0) is 32.0 Å². The van der Waals surface area contributed by atoms with E-state index in [0.29, 0.717) is 37.4 Å². The highest BCUT2D eigenvalue weighted by Gasteiger charge is 2.23.